The number of rotatable bonds is 2. The Hall–Kier alpha value is -1.22. The number of benzene rings is 1. The van der Waals surface area contributed by atoms with Crippen molar-refractivity contribution >= 4 is 11.4 Å². The zero-order valence-corrected chi connectivity index (χ0v) is 10.2. The van der Waals surface area contributed by atoms with Gasteiger partial charge in [0.2, 0.25) is 0 Å². The molecule has 3 heteroatoms. The molecule has 3 nitrogen and oxygen atoms in total. The summed E-state index contributed by atoms with van der Waals surface area (Å²) in [6.45, 7) is 6.72. The van der Waals surface area contributed by atoms with Gasteiger partial charge in [0.15, 0.2) is 0 Å². The molecule has 0 unspecified atom stereocenters. The van der Waals surface area contributed by atoms with Crippen molar-refractivity contribution in [3.8, 4) is 0 Å². The zero-order chi connectivity index (χ0) is 11.5. The number of nitrogen functional groups attached to an aromatic ring is 1. The van der Waals surface area contributed by atoms with Crippen LogP contribution >= 0.6 is 0 Å². The summed E-state index contributed by atoms with van der Waals surface area (Å²) in [6.07, 6.45) is 1.05. The lowest BCUT2D eigenvalue weighted by Gasteiger charge is -2.35. The van der Waals surface area contributed by atoms with Crippen molar-refractivity contribution in [3.05, 3.63) is 23.8 Å². The molecule has 0 aliphatic carbocycles. The Morgan fingerprint density at radius 2 is 1.88 bits per heavy atom. The van der Waals surface area contributed by atoms with Gasteiger partial charge in [-0.15, -0.1) is 0 Å². The first-order valence-corrected chi connectivity index (χ1v) is 6.02. The van der Waals surface area contributed by atoms with Gasteiger partial charge >= 0.3 is 0 Å². The molecular formula is C13H21N3. The number of hydrogen-bond donors (Lipinski definition) is 1. The minimum absolute atomic E-state index is 0.870. The molecule has 0 atom stereocenters. The molecule has 16 heavy (non-hydrogen) atoms. The summed E-state index contributed by atoms with van der Waals surface area (Å²) in [5, 5.41) is 0. The summed E-state index contributed by atoms with van der Waals surface area (Å²) < 4.78 is 0. The molecule has 0 saturated carbocycles. The lowest BCUT2D eigenvalue weighted by Crippen LogP contribution is -2.44. The highest BCUT2D eigenvalue weighted by Gasteiger charge is 2.16. The summed E-state index contributed by atoms with van der Waals surface area (Å²) in [4.78, 5) is 4.84. The molecule has 1 aliphatic rings. The molecule has 0 aromatic heterocycles. The van der Waals surface area contributed by atoms with Crippen LogP contribution in [0.2, 0.25) is 0 Å². The van der Waals surface area contributed by atoms with E-state index in [0.29, 0.717) is 0 Å². The van der Waals surface area contributed by atoms with Gasteiger partial charge in [0.1, 0.15) is 0 Å². The van der Waals surface area contributed by atoms with Crippen LogP contribution in [0.3, 0.4) is 0 Å². The second-order valence-electron chi connectivity index (χ2n) is 4.53. The third-order valence-corrected chi connectivity index (χ3v) is 3.33. The summed E-state index contributed by atoms with van der Waals surface area (Å²) in [5.41, 5.74) is 9.43. The van der Waals surface area contributed by atoms with E-state index in [2.05, 4.69) is 35.9 Å². The molecule has 0 bridgehead atoms. The number of nitrogens with zero attached hydrogens (tertiary/aromatic N) is 2. The molecule has 88 valence electrons. The molecule has 2 N–H and O–H groups in total. The third-order valence-electron chi connectivity index (χ3n) is 3.33. The van der Waals surface area contributed by atoms with E-state index in [4.69, 9.17) is 5.73 Å². The maximum atomic E-state index is 5.83. The van der Waals surface area contributed by atoms with Gasteiger partial charge in [-0.1, -0.05) is 6.92 Å². The number of likely N-dealkylation sites (N-methyl/N-ethyl adjacent to an activating group) is 1. The Bertz CT molecular complexity index is 354. The van der Waals surface area contributed by atoms with Crippen LogP contribution in [0.15, 0.2) is 18.2 Å². The monoisotopic (exact) mass is 219 g/mol. The number of hydrogen-bond acceptors (Lipinski definition) is 3. The highest BCUT2D eigenvalue weighted by molar-refractivity contribution is 5.60. The van der Waals surface area contributed by atoms with Crippen molar-refractivity contribution in [2.75, 3.05) is 43.9 Å². The van der Waals surface area contributed by atoms with Gasteiger partial charge in [0.25, 0.3) is 0 Å². The predicted octanol–water partition coefficient (Wildman–Crippen LogP) is 1.58. The lowest BCUT2D eigenvalue weighted by molar-refractivity contribution is 0.312. The second-order valence-corrected chi connectivity index (χ2v) is 4.53. The quantitative estimate of drug-likeness (QED) is 0.767. The SMILES string of the molecule is CCc1cc(N)ccc1N1CCN(C)CC1. The summed E-state index contributed by atoms with van der Waals surface area (Å²) in [7, 11) is 2.18. The molecule has 1 fully saturated rings. The van der Waals surface area contributed by atoms with E-state index in [9.17, 15) is 0 Å². The molecule has 1 aromatic rings. The standard InChI is InChI=1S/C13H21N3/c1-3-11-10-12(14)4-5-13(11)16-8-6-15(2)7-9-16/h4-5,10H,3,6-9,14H2,1-2H3. The van der Waals surface area contributed by atoms with Gasteiger partial charge in [0.05, 0.1) is 0 Å². The van der Waals surface area contributed by atoms with E-state index >= 15 is 0 Å². The smallest absolute Gasteiger partial charge is 0.0401 e. The van der Waals surface area contributed by atoms with Crippen molar-refractivity contribution in [1.82, 2.24) is 4.90 Å². The molecule has 0 amide bonds. The minimum atomic E-state index is 0.870. The maximum Gasteiger partial charge on any atom is 0.0401 e. The van der Waals surface area contributed by atoms with E-state index < -0.39 is 0 Å². The first-order chi connectivity index (χ1) is 7.70. The molecule has 1 aliphatic heterocycles. The zero-order valence-electron chi connectivity index (χ0n) is 10.2. The molecular weight excluding hydrogens is 198 g/mol. The fourth-order valence-electron chi connectivity index (χ4n) is 2.24. The highest BCUT2D eigenvalue weighted by Crippen LogP contribution is 2.24. The van der Waals surface area contributed by atoms with Crippen molar-refractivity contribution in [3.63, 3.8) is 0 Å². The van der Waals surface area contributed by atoms with Gasteiger partial charge in [-0.25, -0.2) is 0 Å². The van der Waals surface area contributed by atoms with Crippen molar-refractivity contribution in [2.24, 2.45) is 0 Å². The number of anilines is 2. The summed E-state index contributed by atoms with van der Waals surface area (Å²) in [5.74, 6) is 0. The van der Waals surface area contributed by atoms with E-state index in [1.165, 1.54) is 11.3 Å². The minimum Gasteiger partial charge on any atom is -0.399 e. The Morgan fingerprint density at radius 1 is 1.19 bits per heavy atom. The van der Waals surface area contributed by atoms with Gasteiger partial charge in [-0.3, -0.25) is 0 Å². The number of nitrogens with two attached hydrogens (primary N) is 1. The fraction of sp³-hybridized carbons (Fsp3) is 0.538. The van der Waals surface area contributed by atoms with E-state index in [1.54, 1.807) is 0 Å². The van der Waals surface area contributed by atoms with Crippen LogP contribution in [-0.2, 0) is 6.42 Å². The first kappa shape index (κ1) is 11.3. The Labute approximate surface area is 97.8 Å². The second kappa shape index (κ2) is 4.74. The highest BCUT2D eigenvalue weighted by atomic mass is 15.2. The Kier molecular flexibility index (Phi) is 3.34. The first-order valence-electron chi connectivity index (χ1n) is 6.02. The van der Waals surface area contributed by atoms with Crippen LogP contribution in [0, 0.1) is 0 Å². The fourth-order valence-corrected chi connectivity index (χ4v) is 2.24. The number of aryl methyl sites for hydroxylation is 1. The van der Waals surface area contributed by atoms with Gasteiger partial charge in [-0.05, 0) is 37.2 Å². The van der Waals surface area contributed by atoms with Crippen LogP contribution in [-0.4, -0.2) is 38.1 Å². The van der Waals surface area contributed by atoms with Gasteiger partial charge in [-0.2, -0.15) is 0 Å². The average Bonchev–Trinajstić information content (AvgIpc) is 2.30. The van der Waals surface area contributed by atoms with E-state index in [-0.39, 0.29) is 0 Å². The van der Waals surface area contributed by atoms with Crippen LogP contribution in [0.5, 0.6) is 0 Å². The predicted molar refractivity (Wildman–Crippen MR) is 69.9 cm³/mol. The molecule has 0 radical (unpaired) electrons. The van der Waals surface area contributed by atoms with Crippen LogP contribution in [0.4, 0.5) is 11.4 Å². The van der Waals surface area contributed by atoms with Gasteiger partial charge < -0.3 is 15.5 Å². The summed E-state index contributed by atoms with van der Waals surface area (Å²) in [6, 6.07) is 6.28. The molecule has 1 heterocycles. The molecule has 1 aromatic carbocycles. The van der Waals surface area contributed by atoms with Crippen LogP contribution < -0.4 is 10.6 Å². The number of piperazine rings is 1. The lowest BCUT2D eigenvalue weighted by atomic mass is 10.1. The molecule has 2 rings (SSSR count). The maximum absolute atomic E-state index is 5.83. The van der Waals surface area contributed by atoms with E-state index in [0.717, 1.165) is 38.3 Å². The topological polar surface area (TPSA) is 32.5 Å². The molecule has 0 spiro atoms. The van der Waals surface area contributed by atoms with Crippen molar-refractivity contribution < 1.29 is 0 Å². The van der Waals surface area contributed by atoms with Crippen LogP contribution in [0.25, 0.3) is 0 Å². The normalized spacial score (nSPS) is 17.8. The van der Waals surface area contributed by atoms with Crippen molar-refractivity contribution in [2.45, 2.75) is 13.3 Å². The largest absolute Gasteiger partial charge is 0.399 e. The Balaban J connectivity index is 2.19. The van der Waals surface area contributed by atoms with Gasteiger partial charge in [0, 0.05) is 37.6 Å². The molecule has 1 saturated heterocycles. The summed E-state index contributed by atoms with van der Waals surface area (Å²) >= 11 is 0. The average molecular weight is 219 g/mol. The third kappa shape index (κ3) is 2.30. The Morgan fingerprint density at radius 3 is 2.50 bits per heavy atom. The van der Waals surface area contributed by atoms with Crippen LogP contribution in [0.1, 0.15) is 12.5 Å². The van der Waals surface area contributed by atoms with Crippen molar-refractivity contribution in [1.29, 1.82) is 0 Å². The van der Waals surface area contributed by atoms with E-state index in [1.807, 2.05) is 6.07 Å².